The second-order valence-electron chi connectivity index (χ2n) is 8.52. The summed E-state index contributed by atoms with van der Waals surface area (Å²) in [7, 11) is 0. The van der Waals surface area contributed by atoms with Gasteiger partial charge in [-0.3, -0.25) is 0 Å². The van der Waals surface area contributed by atoms with Crippen molar-refractivity contribution >= 4 is 35.3 Å². The molecule has 9 heteroatoms. The number of hydrogen-bond acceptors (Lipinski definition) is 7. The molecular formula is C27H31ClN4O3S. The molecule has 1 aliphatic rings. The number of allylic oxidation sites excluding steroid dienone is 1. The van der Waals surface area contributed by atoms with Crippen LogP contribution in [0.15, 0.2) is 65.0 Å². The smallest absolute Gasteiger partial charge is 0.338 e. The molecule has 4 rings (SSSR count). The molecule has 1 N–H and O–H groups in total. The van der Waals surface area contributed by atoms with Gasteiger partial charge in [-0.2, -0.15) is 4.98 Å². The summed E-state index contributed by atoms with van der Waals surface area (Å²) in [5.74, 6) is 1.85. The highest BCUT2D eigenvalue weighted by molar-refractivity contribution is 7.99. The van der Waals surface area contributed by atoms with Gasteiger partial charge in [-0.05, 0) is 43.5 Å². The molecule has 0 amide bonds. The number of benzene rings is 2. The van der Waals surface area contributed by atoms with Crippen molar-refractivity contribution in [2.24, 2.45) is 0 Å². The Bertz CT molecular complexity index is 1240. The lowest BCUT2D eigenvalue weighted by Gasteiger charge is -2.28. The van der Waals surface area contributed by atoms with E-state index in [1.54, 1.807) is 16.4 Å². The van der Waals surface area contributed by atoms with Crippen molar-refractivity contribution < 1.29 is 14.3 Å². The SMILES string of the molecule is CCCCSc1nc2n(n1)C(c1cccc(OCc3ccccc3Cl)c1)C(C(=O)OCCC)=C(C)N2. The number of nitrogens with one attached hydrogen (secondary N) is 1. The van der Waals surface area contributed by atoms with Gasteiger partial charge >= 0.3 is 5.97 Å². The Morgan fingerprint density at radius 3 is 2.78 bits per heavy atom. The van der Waals surface area contributed by atoms with Crippen LogP contribution in [0, 0.1) is 0 Å². The number of hydrogen-bond donors (Lipinski definition) is 1. The fourth-order valence-electron chi connectivity index (χ4n) is 3.90. The molecule has 36 heavy (non-hydrogen) atoms. The number of aromatic nitrogens is 3. The summed E-state index contributed by atoms with van der Waals surface area (Å²) in [6, 6.07) is 14.8. The Morgan fingerprint density at radius 1 is 1.17 bits per heavy atom. The number of thioether (sulfide) groups is 1. The minimum atomic E-state index is -0.498. The number of ether oxygens (including phenoxy) is 2. The van der Waals surface area contributed by atoms with Crippen LogP contribution in [-0.4, -0.2) is 33.1 Å². The molecule has 2 heterocycles. The Labute approximate surface area is 221 Å². The molecule has 0 fully saturated rings. The first kappa shape index (κ1) is 26.1. The first-order valence-electron chi connectivity index (χ1n) is 12.2. The summed E-state index contributed by atoms with van der Waals surface area (Å²) in [6.07, 6.45) is 2.94. The van der Waals surface area contributed by atoms with E-state index in [1.807, 2.05) is 62.4 Å². The number of esters is 1. The molecule has 0 aliphatic carbocycles. The van der Waals surface area contributed by atoms with Crippen LogP contribution < -0.4 is 10.1 Å². The van der Waals surface area contributed by atoms with E-state index in [1.165, 1.54) is 0 Å². The van der Waals surface area contributed by atoms with Crippen molar-refractivity contribution in [2.75, 3.05) is 17.7 Å². The summed E-state index contributed by atoms with van der Waals surface area (Å²) in [6.45, 7) is 6.69. The number of nitrogens with zero attached hydrogens (tertiary/aromatic N) is 3. The minimum Gasteiger partial charge on any atom is -0.489 e. The molecule has 0 saturated heterocycles. The van der Waals surface area contributed by atoms with Gasteiger partial charge in [0.25, 0.3) is 0 Å². The maximum Gasteiger partial charge on any atom is 0.338 e. The molecule has 1 unspecified atom stereocenters. The van der Waals surface area contributed by atoms with Crippen molar-refractivity contribution in [2.45, 2.75) is 57.8 Å². The first-order valence-corrected chi connectivity index (χ1v) is 13.6. The zero-order valence-corrected chi connectivity index (χ0v) is 22.4. The average molecular weight is 527 g/mol. The van der Waals surface area contributed by atoms with Gasteiger partial charge < -0.3 is 14.8 Å². The fourth-order valence-corrected chi connectivity index (χ4v) is 5.00. The highest BCUT2D eigenvalue weighted by Crippen LogP contribution is 2.38. The maximum atomic E-state index is 13.2. The van der Waals surface area contributed by atoms with E-state index in [4.69, 9.17) is 26.2 Å². The predicted octanol–water partition coefficient (Wildman–Crippen LogP) is 6.64. The summed E-state index contributed by atoms with van der Waals surface area (Å²) < 4.78 is 13.4. The third-order valence-electron chi connectivity index (χ3n) is 5.75. The van der Waals surface area contributed by atoms with Crippen LogP contribution in [0.4, 0.5) is 5.95 Å². The number of anilines is 1. The summed E-state index contributed by atoms with van der Waals surface area (Å²) in [4.78, 5) is 17.9. The topological polar surface area (TPSA) is 78.3 Å². The normalized spacial score (nSPS) is 14.8. The molecule has 0 bridgehead atoms. The predicted molar refractivity (Wildman–Crippen MR) is 144 cm³/mol. The largest absolute Gasteiger partial charge is 0.489 e. The Hall–Kier alpha value is -2.97. The minimum absolute atomic E-state index is 0.336. The van der Waals surface area contributed by atoms with Crippen LogP contribution in [0.25, 0.3) is 0 Å². The first-order chi connectivity index (χ1) is 17.5. The third-order valence-corrected chi connectivity index (χ3v) is 7.04. The Morgan fingerprint density at radius 2 is 2.00 bits per heavy atom. The molecule has 190 valence electrons. The molecule has 1 atom stereocenters. The fraction of sp³-hybridized carbons (Fsp3) is 0.370. The van der Waals surface area contributed by atoms with E-state index < -0.39 is 6.04 Å². The number of rotatable bonds is 11. The van der Waals surface area contributed by atoms with Crippen LogP contribution >= 0.6 is 23.4 Å². The lowest BCUT2D eigenvalue weighted by Crippen LogP contribution is -2.29. The number of carbonyl (C=O) groups is 1. The van der Waals surface area contributed by atoms with E-state index in [0.29, 0.717) is 46.4 Å². The van der Waals surface area contributed by atoms with Crippen LogP contribution in [-0.2, 0) is 16.1 Å². The lowest BCUT2D eigenvalue weighted by atomic mass is 9.95. The Balaban J connectivity index is 1.67. The zero-order valence-electron chi connectivity index (χ0n) is 20.8. The summed E-state index contributed by atoms with van der Waals surface area (Å²) >= 11 is 7.91. The number of carbonyl (C=O) groups excluding carboxylic acids is 1. The van der Waals surface area contributed by atoms with Crippen LogP contribution in [0.5, 0.6) is 5.75 Å². The van der Waals surface area contributed by atoms with Crippen LogP contribution in [0.3, 0.4) is 0 Å². The van der Waals surface area contributed by atoms with Gasteiger partial charge in [-0.15, -0.1) is 5.10 Å². The molecule has 0 spiro atoms. The number of halogens is 1. The Kier molecular flexibility index (Phi) is 8.93. The quantitative estimate of drug-likeness (QED) is 0.170. The monoisotopic (exact) mass is 526 g/mol. The van der Waals surface area contributed by atoms with Gasteiger partial charge in [0.1, 0.15) is 18.4 Å². The molecule has 3 aromatic rings. The van der Waals surface area contributed by atoms with E-state index in [-0.39, 0.29) is 5.97 Å². The number of fused-ring (bicyclic) bond motifs is 1. The third kappa shape index (κ3) is 6.05. The highest BCUT2D eigenvalue weighted by atomic mass is 35.5. The highest BCUT2D eigenvalue weighted by Gasteiger charge is 2.35. The van der Waals surface area contributed by atoms with E-state index >= 15 is 0 Å². The molecule has 7 nitrogen and oxygen atoms in total. The van der Waals surface area contributed by atoms with Gasteiger partial charge in [0.2, 0.25) is 11.1 Å². The maximum absolute atomic E-state index is 13.2. The van der Waals surface area contributed by atoms with Gasteiger partial charge in [-0.1, -0.05) is 74.0 Å². The molecular weight excluding hydrogens is 496 g/mol. The standard InChI is InChI=1S/C27H31ClN4O3S/c1-4-6-15-36-27-30-26-29-18(3)23(25(33)34-14-5-2)24(32(26)31-27)19-11-9-12-21(16-19)35-17-20-10-7-8-13-22(20)28/h7-13,16,24H,4-6,14-15,17H2,1-3H3,(H,29,30,31). The molecule has 1 aliphatic heterocycles. The van der Waals surface area contributed by atoms with Gasteiger partial charge in [-0.25, -0.2) is 9.48 Å². The number of unbranched alkanes of at least 4 members (excludes halogenated alkanes) is 1. The zero-order chi connectivity index (χ0) is 25.5. The molecule has 1 aromatic heterocycles. The molecule has 0 saturated carbocycles. The van der Waals surface area contributed by atoms with E-state index in [9.17, 15) is 4.79 Å². The van der Waals surface area contributed by atoms with E-state index in [0.717, 1.165) is 36.1 Å². The van der Waals surface area contributed by atoms with Crippen LogP contribution in [0.1, 0.15) is 57.2 Å². The van der Waals surface area contributed by atoms with Gasteiger partial charge in [0.15, 0.2) is 0 Å². The second-order valence-corrected chi connectivity index (χ2v) is 9.99. The van der Waals surface area contributed by atoms with Crippen molar-refractivity contribution in [3.63, 3.8) is 0 Å². The molecule has 2 aromatic carbocycles. The van der Waals surface area contributed by atoms with Gasteiger partial charge in [0, 0.05) is 22.0 Å². The second kappa shape index (κ2) is 12.3. The van der Waals surface area contributed by atoms with Crippen molar-refractivity contribution in [1.29, 1.82) is 0 Å². The van der Waals surface area contributed by atoms with Gasteiger partial charge in [0.05, 0.1) is 12.2 Å². The summed E-state index contributed by atoms with van der Waals surface area (Å²) in [5, 5.41) is 9.36. The van der Waals surface area contributed by atoms with Crippen LogP contribution in [0.2, 0.25) is 5.02 Å². The molecule has 0 radical (unpaired) electrons. The summed E-state index contributed by atoms with van der Waals surface area (Å²) in [5.41, 5.74) is 2.97. The lowest BCUT2D eigenvalue weighted by molar-refractivity contribution is -0.139. The van der Waals surface area contributed by atoms with E-state index in [2.05, 4.69) is 17.2 Å². The average Bonchev–Trinajstić information content (AvgIpc) is 3.28. The van der Waals surface area contributed by atoms with Crippen molar-refractivity contribution in [1.82, 2.24) is 14.8 Å². The van der Waals surface area contributed by atoms with Crippen molar-refractivity contribution in [3.8, 4) is 5.75 Å². The van der Waals surface area contributed by atoms with Crippen molar-refractivity contribution in [3.05, 3.63) is 76.0 Å².